The number of carboxylic acid groups (broad SMARTS) is 1. The zero-order chi connectivity index (χ0) is 16.3. The molecule has 1 aromatic carbocycles. The molecule has 0 spiro atoms. The molecule has 1 amide bonds. The van der Waals surface area contributed by atoms with Crippen molar-refractivity contribution >= 4 is 17.6 Å². The van der Waals surface area contributed by atoms with Gasteiger partial charge in [0.1, 0.15) is 0 Å². The second-order valence-electron chi connectivity index (χ2n) is 4.97. The lowest BCUT2D eigenvalue weighted by molar-refractivity contribution is -0.137. The van der Waals surface area contributed by atoms with Gasteiger partial charge in [0.05, 0.1) is 11.3 Å². The molecule has 2 N–H and O–H groups in total. The van der Waals surface area contributed by atoms with E-state index in [0.717, 1.165) is 12.1 Å². The van der Waals surface area contributed by atoms with E-state index in [1.165, 1.54) is 12.1 Å². The molecule has 0 atom stereocenters. The van der Waals surface area contributed by atoms with Crippen LogP contribution in [0.4, 0.5) is 18.9 Å². The van der Waals surface area contributed by atoms with E-state index >= 15 is 0 Å². The monoisotopic (exact) mass is 313 g/mol. The van der Waals surface area contributed by atoms with Crippen LogP contribution in [-0.2, 0) is 15.8 Å². The summed E-state index contributed by atoms with van der Waals surface area (Å²) in [6, 6.07) is 4.60. The number of hydrogen-bond acceptors (Lipinski definition) is 2. The molecule has 22 heavy (non-hydrogen) atoms. The fourth-order valence-corrected chi connectivity index (χ4v) is 2.43. The van der Waals surface area contributed by atoms with Crippen LogP contribution in [0, 0.1) is 0 Å². The van der Waals surface area contributed by atoms with E-state index < -0.39 is 23.6 Å². The average molecular weight is 313 g/mol. The van der Waals surface area contributed by atoms with E-state index in [4.69, 9.17) is 5.11 Å². The maximum Gasteiger partial charge on any atom is 0.418 e. The Morgan fingerprint density at radius 2 is 1.64 bits per heavy atom. The van der Waals surface area contributed by atoms with E-state index in [1.54, 1.807) is 0 Å². The zero-order valence-electron chi connectivity index (χ0n) is 11.5. The van der Waals surface area contributed by atoms with Crippen LogP contribution in [0.3, 0.4) is 0 Å². The van der Waals surface area contributed by atoms with E-state index in [0.29, 0.717) is 12.8 Å². The third-order valence-corrected chi connectivity index (χ3v) is 3.48. The summed E-state index contributed by atoms with van der Waals surface area (Å²) in [6.45, 7) is 0. The summed E-state index contributed by atoms with van der Waals surface area (Å²) < 4.78 is 38.7. The number of aliphatic carboxylic acids is 1. The Kier molecular flexibility index (Phi) is 4.54. The van der Waals surface area contributed by atoms with Gasteiger partial charge in [-0.05, 0) is 37.8 Å². The van der Waals surface area contributed by atoms with Crippen LogP contribution in [0.25, 0.3) is 0 Å². The topological polar surface area (TPSA) is 66.4 Å². The first-order valence-electron chi connectivity index (χ1n) is 6.73. The molecule has 0 saturated heterocycles. The molecule has 0 aromatic heterocycles. The molecular formula is C15H14F3NO3. The largest absolute Gasteiger partial charge is 0.478 e. The zero-order valence-corrected chi connectivity index (χ0v) is 11.5. The Hall–Kier alpha value is -2.31. The molecule has 0 saturated carbocycles. The van der Waals surface area contributed by atoms with Crippen molar-refractivity contribution < 1.29 is 27.9 Å². The Labute approximate surface area is 124 Å². The van der Waals surface area contributed by atoms with Crippen molar-refractivity contribution in [1.29, 1.82) is 0 Å². The lowest BCUT2D eigenvalue weighted by Crippen LogP contribution is -2.22. The SMILES string of the molecule is O=C(O)C1=C(C(=O)Nc2ccccc2C(F)(F)F)CCCC1. The van der Waals surface area contributed by atoms with Gasteiger partial charge in [-0.25, -0.2) is 4.79 Å². The molecule has 0 unspecified atom stereocenters. The Bertz CT molecular complexity index is 635. The first kappa shape index (κ1) is 16.1. The number of halogens is 3. The van der Waals surface area contributed by atoms with Crippen LogP contribution in [0.15, 0.2) is 35.4 Å². The number of benzene rings is 1. The van der Waals surface area contributed by atoms with E-state index in [2.05, 4.69) is 5.32 Å². The van der Waals surface area contributed by atoms with Crippen molar-refractivity contribution in [3.63, 3.8) is 0 Å². The maximum atomic E-state index is 12.9. The molecular weight excluding hydrogens is 299 g/mol. The number of rotatable bonds is 3. The molecule has 1 aromatic rings. The number of alkyl halides is 3. The van der Waals surface area contributed by atoms with Gasteiger partial charge < -0.3 is 10.4 Å². The number of carboxylic acids is 1. The van der Waals surface area contributed by atoms with Crippen molar-refractivity contribution in [3.8, 4) is 0 Å². The Morgan fingerprint density at radius 1 is 1.05 bits per heavy atom. The smallest absolute Gasteiger partial charge is 0.418 e. The van der Waals surface area contributed by atoms with E-state index in [9.17, 15) is 22.8 Å². The van der Waals surface area contributed by atoms with Crippen molar-refractivity contribution in [3.05, 3.63) is 41.0 Å². The predicted octanol–water partition coefficient (Wildman–Crippen LogP) is 3.60. The third-order valence-electron chi connectivity index (χ3n) is 3.48. The lowest BCUT2D eigenvalue weighted by Gasteiger charge is -2.19. The number of hydrogen-bond donors (Lipinski definition) is 2. The summed E-state index contributed by atoms with van der Waals surface area (Å²) in [7, 11) is 0. The van der Waals surface area contributed by atoms with Crippen LogP contribution >= 0.6 is 0 Å². The molecule has 4 nitrogen and oxygen atoms in total. The number of carbonyl (C=O) groups excluding carboxylic acids is 1. The van der Waals surface area contributed by atoms with Crippen molar-refractivity contribution in [2.24, 2.45) is 0 Å². The first-order chi connectivity index (χ1) is 10.3. The van der Waals surface area contributed by atoms with Crippen molar-refractivity contribution in [2.75, 3.05) is 5.32 Å². The average Bonchev–Trinajstić information content (AvgIpc) is 2.46. The van der Waals surface area contributed by atoms with Crippen LogP contribution in [0.1, 0.15) is 31.2 Å². The minimum atomic E-state index is -4.60. The van der Waals surface area contributed by atoms with Gasteiger partial charge in [-0.2, -0.15) is 13.2 Å². The summed E-state index contributed by atoms with van der Waals surface area (Å²) in [5.74, 6) is -1.98. The highest BCUT2D eigenvalue weighted by Gasteiger charge is 2.34. The van der Waals surface area contributed by atoms with Crippen molar-refractivity contribution in [1.82, 2.24) is 0 Å². The molecule has 1 aliphatic rings. The maximum absolute atomic E-state index is 12.9. The van der Waals surface area contributed by atoms with Gasteiger partial charge in [-0.3, -0.25) is 4.79 Å². The van der Waals surface area contributed by atoms with Gasteiger partial charge in [-0.1, -0.05) is 12.1 Å². The third kappa shape index (κ3) is 3.47. The van der Waals surface area contributed by atoms with E-state index in [-0.39, 0.29) is 29.7 Å². The summed E-state index contributed by atoms with van der Waals surface area (Å²) in [5.41, 5.74) is -1.30. The Balaban J connectivity index is 2.32. The quantitative estimate of drug-likeness (QED) is 0.896. The number of anilines is 1. The van der Waals surface area contributed by atoms with Crippen LogP contribution in [-0.4, -0.2) is 17.0 Å². The highest BCUT2D eigenvalue weighted by molar-refractivity contribution is 6.09. The summed E-state index contributed by atoms with van der Waals surface area (Å²) >= 11 is 0. The van der Waals surface area contributed by atoms with Gasteiger partial charge in [-0.15, -0.1) is 0 Å². The van der Waals surface area contributed by atoms with Gasteiger partial charge >= 0.3 is 12.1 Å². The highest BCUT2D eigenvalue weighted by Crippen LogP contribution is 2.35. The van der Waals surface area contributed by atoms with Gasteiger partial charge in [0, 0.05) is 11.1 Å². The molecule has 2 rings (SSSR count). The molecule has 118 valence electrons. The predicted molar refractivity (Wildman–Crippen MR) is 73.2 cm³/mol. The first-order valence-corrected chi connectivity index (χ1v) is 6.73. The standard InChI is InChI=1S/C15H14F3NO3/c16-15(17,18)11-7-3-4-8-12(11)19-13(20)9-5-1-2-6-10(9)14(21)22/h3-4,7-8H,1-2,5-6H2,(H,19,20)(H,21,22). The van der Waals surface area contributed by atoms with Crippen LogP contribution in [0.5, 0.6) is 0 Å². The molecule has 1 aliphatic carbocycles. The fraction of sp³-hybridized carbons (Fsp3) is 0.333. The van der Waals surface area contributed by atoms with Crippen molar-refractivity contribution in [2.45, 2.75) is 31.9 Å². The fourth-order valence-electron chi connectivity index (χ4n) is 2.43. The molecule has 0 bridgehead atoms. The Morgan fingerprint density at radius 3 is 2.23 bits per heavy atom. The van der Waals surface area contributed by atoms with Crippen LogP contribution in [0.2, 0.25) is 0 Å². The number of carbonyl (C=O) groups is 2. The normalized spacial score (nSPS) is 15.6. The minimum Gasteiger partial charge on any atom is -0.478 e. The summed E-state index contributed by atoms with van der Waals surface area (Å²) in [6.07, 6.45) is -2.81. The molecule has 0 radical (unpaired) electrons. The molecule has 7 heteroatoms. The number of para-hydroxylation sites is 1. The summed E-state index contributed by atoms with van der Waals surface area (Å²) in [5, 5.41) is 11.3. The molecule has 0 heterocycles. The van der Waals surface area contributed by atoms with Crippen LogP contribution < -0.4 is 5.32 Å². The van der Waals surface area contributed by atoms with E-state index in [1.807, 2.05) is 0 Å². The van der Waals surface area contributed by atoms with Gasteiger partial charge in [0.25, 0.3) is 5.91 Å². The van der Waals surface area contributed by atoms with Gasteiger partial charge in [0.2, 0.25) is 0 Å². The highest BCUT2D eigenvalue weighted by atomic mass is 19.4. The molecule has 0 aliphatic heterocycles. The van der Waals surface area contributed by atoms with Gasteiger partial charge in [0.15, 0.2) is 0 Å². The lowest BCUT2D eigenvalue weighted by atomic mass is 9.91. The number of nitrogens with one attached hydrogen (secondary N) is 1. The molecule has 0 fully saturated rings. The second kappa shape index (κ2) is 6.21. The number of amides is 1. The second-order valence-corrected chi connectivity index (χ2v) is 4.97. The summed E-state index contributed by atoms with van der Waals surface area (Å²) in [4.78, 5) is 23.3. The minimum absolute atomic E-state index is 0.0201.